The number of hydrogen-bond acceptors (Lipinski definition) is 5. The highest BCUT2D eigenvalue weighted by Crippen LogP contribution is 2.19. The minimum atomic E-state index is -0.0322. The Morgan fingerprint density at radius 2 is 2.12 bits per heavy atom. The second-order valence-electron chi connectivity index (χ2n) is 5.80. The zero-order valence-corrected chi connectivity index (χ0v) is 13.0. The lowest BCUT2D eigenvalue weighted by molar-refractivity contribution is -0.125. The van der Waals surface area contributed by atoms with Gasteiger partial charge in [-0.15, -0.1) is 5.10 Å². The third-order valence-corrected chi connectivity index (χ3v) is 4.28. The van der Waals surface area contributed by atoms with Crippen LogP contribution in [0.25, 0.3) is 5.69 Å². The molecule has 1 N–H and O–H groups in total. The molecule has 0 saturated heterocycles. The van der Waals surface area contributed by atoms with Crippen LogP contribution in [0.3, 0.4) is 0 Å². The molecule has 1 atom stereocenters. The SMILES string of the molecule is O=C(NCc1nnnn1-c1ccccc1)C1CCn2nccc2C1. The quantitative estimate of drug-likeness (QED) is 0.764. The molecule has 1 unspecified atom stereocenters. The van der Waals surface area contributed by atoms with Gasteiger partial charge in [0.25, 0.3) is 0 Å². The first-order valence-electron chi connectivity index (χ1n) is 7.92. The molecule has 0 radical (unpaired) electrons. The van der Waals surface area contributed by atoms with E-state index in [1.165, 1.54) is 0 Å². The molecule has 8 nitrogen and oxygen atoms in total. The third-order valence-electron chi connectivity index (χ3n) is 4.28. The minimum absolute atomic E-state index is 0.0322. The first-order valence-corrected chi connectivity index (χ1v) is 7.92. The maximum atomic E-state index is 12.5. The normalized spacial score (nSPS) is 16.6. The lowest BCUT2D eigenvalue weighted by Gasteiger charge is -2.22. The maximum absolute atomic E-state index is 12.5. The molecule has 8 heteroatoms. The van der Waals surface area contributed by atoms with E-state index in [0.29, 0.717) is 12.4 Å². The van der Waals surface area contributed by atoms with Gasteiger partial charge < -0.3 is 5.32 Å². The molecule has 0 bridgehead atoms. The lowest BCUT2D eigenvalue weighted by Crippen LogP contribution is -2.35. The standard InChI is InChI=1S/C16H17N7O/c24-16(12-7-9-22-14(10-12)6-8-18-22)17-11-15-19-20-21-23(15)13-4-2-1-3-5-13/h1-6,8,12H,7,9-11H2,(H,17,24). The fourth-order valence-corrected chi connectivity index (χ4v) is 2.99. The highest BCUT2D eigenvalue weighted by atomic mass is 16.1. The van der Waals surface area contributed by atoms with E-state index >= 15 is 0 Å². The van der Waals surface area contributed by atoms with E-state index in [4.69, 9.17) is 0 Å². The maximum Gasteiger partial charge on any atom is 0.223 e. The summed E-state index contributed by atoms with van der Waals surface area (Å²) in [5.74, 6) is 0.607. The van der Waals surface area contributed by atoms with Crippen molar-refractivity contribution in [3.63, 3.8) is 0 Å². The third kappa shape index (κ3) is 2.78. The zero-order valence-electron chi connectivity index (χ0n) is 13.0. The Morgan fingerprint density at radius 3 is 3.00 bits per heavy atom. The Bertz CT molecular complexity index is 839. The molecular weight excluding hydrogens is 306 g/mol. The molecule has 1 aliphatic rings. The summed E-state index contributed by atoms with van der Waals surface area (Å²) in [5.41, 5.74) is 1.98. The number of benzene rings is 1. The first-order chi connectivity index (χ1) is 11.8. The molecule has 1 amide bonds. The minimum Gasteiger partial charge on any atom is -0.348 e. The molecule has 1 aromatic carbocycles. The fourth-order valence-electron chi connectivity index (χ4n) is 2.99. The number of aromatic nitrogens is 6. The van der Waals surface area contributed by atoms with E-state index in [2.05, 4.69) is 25.9 Å². The summed E-state index contributed by atoms with van der Waals surface area (Å²) >= 11 is 0. The van der Waals surface area contributed by atoms with Gasteiger partial charge in [-0.25, -0.2) is 0 Å². The number of para-hydroxylation sites is 1. The van der Waals surface area contributed by atoms with E-state index in [9.17, 15) is 4.79 Å². The Morgan fingerprint density at radius 1 is 1.25 bits per heavy atom. The van der Waals surface area contributed by atoms with E-state index in [1.54, 1.807) is 10.9 Å². The van der Waals surface area contributed by atoms with Crippen LogP contribution in [0, 0.1) is 5.92 Å². The Kier molecular flexibility index (Phi) is 3.78. The molecule has 0 fully saturated rings. The van der Waals surface area contributed by atoms with Gasteiger partial charge in [-0.2, -0.15) is 9.78 Å². The van der Waals surface area contributed by atoms with Crippen molar-refractivity contribution >= 4 is 5.91 Å². The van der Waals surface area contributed by atoms with Crippen molar-refractivity contribution < 1.29 is 4.79 Å². The smallest absolute Gasteiger partial charge is 0.223 e. The van der Waals surface area contributed by atoms with E-state index < -0.39 is 0 Å². The van der Waals surface area contributed by atoms with E-state index in [1.807, 2.05) is 41.1 Å². The molecule has 122 valence electrons. The van der Waals surface area contributed by atoms with Crippen LogP contribution >= 0.6 is 0 Å². The summed E-state index contributed by atoms with van der Waals surface area (Å²) in [7, 11) is 0. The number of rotatable bonds is 4. The van der Waals surface area contributed by atoms with Crippen molar-refractivity contribution in [2.24, 2.45) is 5.92 Å². The molecule has 1 aliphatic heterocycles. The molecule has 3 aromatic rings. The van der Waals surface area contributed by atoms with Crippen LogP contribution in [-0.4, -0.2) is 35.9 Å². The van der Waals surface area contributed by atoms with Crippen LogP contribution in [0.1, 0.15) is 17.9 Å². The van der Waals surface area contributed by atoms with Crippen LogP contribution in [0.4, 0.5) is 0 Å². The predicted molar refractivity (Wildman–Crippen MR) is 85.0 cm³/mol. The largest absolute Gasteiger partial charge is 0.348 e. The number of hydrogen-bond donors (Lipinski definition) is 1. The van der Waals surface area contributed by atoms with Gasteiger partial charge >= 0.3 is 0 Å². The van der Waals surface area contributed by atoms with Crippen LogP contribution < -0.4 is 5.32 Å². The Hall–Kier alpha value is -3.03. The molecule has 24 heavy (non-hydrogen) atoms. The summed E-state index contributed by atoms with van der Waals surface area (Å²) in [6, 6.07) is 11.6. The van der Waals surface area contributed by atoms with Gasteiger partial charge in [0.05, 0.1) is 12.2 Å². The van der Waals surface area contributed by atoms with Crippen LogP contribution in [-0.2, 0) is 24.3 Å². The Balaban J connectivity index is 1.41. The number of carbonyl (C=O) groups excluding carboxylic acids is 1. The molecule has 4 rings (SSSR count). The molecular formula is C16H17N7O. The average Bonchev–Trinajstić information content (AvgIpc) is 3.28. The lowest BCUT2D eigenvalue weighted by atomic mass is 9.95. The number of tetrazole rings is 1. The van der Waals surface area contributed by atoms with Crippen molar-refractivity contribution in [2.75, 3.05) is 0 Å². The number of nitrogens with zero attached hydrogens (tertiary/aromatic N) is 6. The first kappa shape index (κ1) is 14.6. The second-order valence-corrected chi connectivity index (χ2v) is 5.80. The van der Waals surface area contributed by atoms with Crippen molar-refractivity contribution in [1.29, 1.82) is 0 Å². The molecule has 0 saturated carbocycles. The summed E-state index contributed by atoms with van der Waals surface area (Å²) in [4.78, 5) is 12.5. The number of fused-ring (bicyclic) bond motifs is 1. The molecule has 0 aliphatic carbocycles. The molecule has 0 spiro atoms. The summed E-state index contributed by atoms with van der Waals surface area (Å²) in [5, 5.41) is 18.9. The van der Waals surface area contributed by atoms with Crippen molar-refractivity contribution in [2.45, 2.75) is 25.9 Å². The van der Waals surface area contributed by atoms with Crippen molar-refractivity contribution in [3.8, 4) is 5.69 Å². The van der Waals surface area contributed by atoms with Gasteiger partial charge in [0.1, 0.15) is 0 Å². The van der Waals surface area contributed by atoms with Gasteiger partial charge in [-0.1, -0.05) is 18.2 Å². The second kappa shape index (κ2) is 6.23. The Labute approximate surface area is 138 Å². The fraction of sp³-hybridized carbons (Fsp3) is 0.312. The van der Waals surface area contributed by atoms with Crippen molar-refractivity contribution in [1.82, 2.24) is 35.3 Å². The van der Waals surface area contributed by atoms with E-state index in [0.717, 1.165) is 30.8 Å². The van der Waals surface area contributed by atoms with E-state index in [-0.39, 0.29) is 11.8 Å². The van der Waals surface area contributed by atoms with Gasteiger partial charge in [-0.3, -0.25) is 9.48 Å². The molecule has 2 aromatic heterocycles. The van der Waals surface area contributed by atoms with Gasteiger partial charge in [-0.05, 0) is 35.0 Å². The molecule has 3 heterocycles. The highest BCUT2D eigenvalue weighted by molar-refractivity contribution is 5.78. The predicted octanol–water partition coefficient (Wildman–Crippen LogP) is 0.738. The van der Waals surface area contributed by atoms with Crippen LogP contribution in [0.5, 0.6) is 0 Å². The average molecular weight is 323 g/mol. The van der Waals surface area contributed by atoms with Gasteiger partial charge in [0.15, 0.2) is 5.82 Å². The number of carbonyl (C=O) groups is 1. The summed E-state index contributed by atoms with van der Waals surface area (Å²) in [6.07, 6.45) is 3.29. The van der Waals surface area contributed by atoms with Crippen LogP contribution in [0.2, 0.25) is 0 Å². The topological polar surface area (TPSA) is 90.5 Å². The summed E-state index contributed by atoms with van der Waals surface area (Å²) in [6.45, 7) is 1.08. The monoisotopic (exact) mass is 323 g/mol. The highest BCUT2D eigenvalue weighted by Gasteiger charge is 2.25. The van der Waals surface area contributed by atoms with Gasteiger partial charge in [0.2, 0.25) is 5.91 Å². The number of aryl methyl sites for hydroxylation is 1. The summed E-state index contributed by atoms with van der Waals surface area (Å²) < 4.78 is 3.59. The number of amides is 1. The zero-order chi connectivity index (χ0) is 16.4. The number of nitrogens with one attached hydrogen (secondary N) is 1. The van der Waals surface area contributed by atoms with Crippen molar-refractivity contribution in [3.05, 3.63) is 54.1 Å². The van der Waals surface area contributed by atoms with Gasteiger partial charge in [0, 0.05) is 30.8 Å². The van der Waals surface area contributed by atoms with Crippen LogP contribution in [0.15, 0.2) is 42.6 Å².